The molecule has 1 heterocycles. The normalized spacial score (nSPS) is 21.2. The Kier molecular flexibility index (Phi) is 8.81. The molecule has 1 aliphatic heterocycles. The van der Waals surface area contributed by atoms with Gasteiger partial charge in [-0.3, -0.25) is 5.73 Å². The van der Waals surface area contributed by atoms with E-state index in [4.69, 9.17) is 10.8 Å². The molecule has 5 heteroatoms. The molecule has 2 unspecified atom stereocenters. The van der Waals surface area contributed by atoms with Crippen molar-refractivity contribution >= 4 is 11.8 Å². The van der Waals surface area contributed by atoms with Gasteiger partial charge in [-0.2, -0.15) is 0 Å². The van der Waals surface area contributed by atoms with Gasteiger partial charge in [0, 0.05) is 13.3 Å². The molecule has 1 aliphatic rings. The second-order valence-electron chi connectivity index (χ2n) is 6.37. The number of nitrogens with zero attached hydrogens (tertiary/aromatic N) is 2. The molecule has 23 heavy (non-hydrogen) atoms. The molecule has 2 atom stereocenters. The number of aliphatic carboxylic acids is 1. The second-order valence-corrected chi connectivity index (χ2v) is 6.37. The van der Waals surface area contributed by atoms with Crippen molar-refractivity contribution in [3.8, 4) is 0 Å². The maximum atomic E-state index is 11.2. The number of nitrogens with two attached hydrogens (primary N) is 1. The number of aliphatic imine (C=N–C) groups is 1. The molecule has 0 aromatic carbocycles. The van der Waals surface area contributed by atoms with Crippen LogP contribution in [0.5, 0.6) is 0 Å². The number of carboxylic acids is 1. The zero-order chi connectivity index (χ0) is 17.1. The molecule has 130 valence electrons. The summed E-state index contributed by atoms with van der Waals surface area (Å²) >= 11 is 0. The molecule has 5 nitrogen and oxygen atoms in total. The summed E-state index contributed by atoms with van der Waals surface area (Å²) < 4.78 is 0.164. The molecular formula is C18H32N3O2+. The summed E-state index contributed by atoms with van der Waals surface area (Å²) in [6, 6.07) is 0. The molecule has 0 amide bonds. The van der Waals surface area contributed by atoms with Gasteiger partial charge in [-0.05, 0) is 19.3 Å². The van der Waals surface area contributed by atoms with Crippen molar-refractivity contribution in [1.29, 1.82) is 0 Å². The van der Waals surface area contributed by atoms with E-state index in [9.17, 15) is 4.79 Å². The molecule has 0 aromatic heterocycles. The summed E-state index contributed by atoms with van der Waals surface area (Å²) in [5.41, 5.74) is 6.05. The first-order chi connectivity index (χ1) is 11.0. The molecule has 0 aliphatic carbocycles. The number of carbonyl (C=O) groups is 1. The molecule has 0 aromatic rings. The summed E-state index contributed by atoms with van der Waals surface area (Å²) in [6.45, 7) is 5.55. The Morgan fingerprint density at radius 2 is 1.91 bits per heavy atom. The topological polar surface area (TPSA) is 75.7 Å². The largest absolute Gasteiger partial charge is 0.477 e. The van der Waals surface area contributed by atoms with Crippen LogP contribution in [0.25, 0.3) is 0 Å². The molecule has 0 saturated carbocycles. The summed E-state index contributed by atoms with van der Waals surface area (Å²) in [4.78, 5) is 15.6. The minimum Gasteiger partial charge on any atom is -0.477 e. The van der Waals surface area contributed by atoms with Gasteiger partial charge in [-0.1, -0.05) is 38.2 Å². The number of hydrogen-bond acceptors (Lipinski definition) is 3. The third-order valence-electron chi connectivity index (χ3n) is 4.47. The zero-order valence-electron chi connectivity index (χ0n) is 14.4. The first-order valence-corrected chi connectivity index (χ1v) is 8.73. The van der Waals surface area contributed by atoms with Gasteiger partial charge >= 0.3 is 5.97 Å². The Balaban J connectivity index is 2.28. The lowest BCUT2D eigenvalue weighted by molar-refractivity contribution is -0.805. The SMILES string of the molecule is C=CCCCCCCCCCC1=NC=C[N+]1(CC(=O)O)C(C)N. The zero-order valence-corrected chi connectivity index (χ0v) is 14.4. The third kappa shape index (κ3) is 6.28. The number of allylic oxidation sites excluding steroid dienone is 1. The van der Waals surface area contributed by atoms with Crippen molar-refractivity contribution in [3.63, 3.8) is 0 Å². The van der Waals surface area contributed by atoms with Crippen LogP contribution in [0.4, 0.5) is 0 Å². The highest BCUT2D eigenvalue weighted by Gasteiger charge is 2.40. The van der Waals surface area contributed by atoms with Crippen LogP contribution in [-0.2, 0) is 4.79 Å². The van der Waals surface area contributed by atoms with E-state index >= 15 is 0 Å². The van der Waals surface area contributed by atoms with Crippen molar-refractivity contribution in [2.45, 2.75) is 70.9 Å². The number of unbranched alkanes of at least 4 members (excludes halogenated alkanes) is 7. The average molecular weight is 322 g/mol. The van der Waals surface area contributed by atoms with Gasteiger partial charge in [0.15, 0.2) is 6.54 Å². The Hall–Kier alpha value is -1.46. The maximum Gasteiger partial charge on any atom is 0.360 e. The molecule has 0 bridgehead atoms. The van der Waals surface area contributed by atoms with Crippen LogP contribution in [0.15, 0.2) is 30.0 Å². The van der Waals surface area contributed by atoms with Crippen LogP contribution in [0.3, 0.4) is 0 Å². The van der Waals surface area contributed by atoms with Gasteiger partial charge in [0.25, 0.3) is 0 Å². The Morgan fingerprint density at radius 3 is 2.48 bits per heavy atom. The molecule has 3 N–H and O–H groups in total. The summed E-state index contributed by atoms with van der Waals surface area (Å²) in [5.74, 6) is 0.0365. The van der Waals surface area contributed by atoms with E-state index in [1.807, 2.05) is 19.2 Å². The smallest absolute Gasteiger partial charge is 0.360 e. The van der Waals surface area contributed by atoms with E-state index < -0.39 is 5.97 Å². The minimum atomic E-state index is -0.846. The molecule has 0 radical (unpaired) electrons. The quantitative estimate of drug-likeness (QED) is 0.308. The Morgan fingerprint density at radius 1 is 1.30 bits per heavy atom. The van der Waals surface area contributed by atoms with Crippen LogP contribution in [0, 0.1) is 0 Å². The van der Waals surface area contributed by atoms with Gasteiger partial charge in [0.05, 0.1) is 6.20 Å². The first kappa shape index (κ1) is 19.6. The van der Waals surface area contributed by atoms with E-state index in [1.165, 1.54) is 32.1 Å². The predicted octanol–water partition coefficient (Wildman–Crippen LogP) is 3.77. The Bertz CT molecular complexity index is 444. The molecule has 1 rings (SSSR count). The van der Waals surface area contributed by atoms with Crippen molar-refractivity contribution in [2.75, 3.05) is 6.54 Å². The average Bonchev–Trinajstić information content (AvgIpc) is 2.89. The number of hydrogen-bond donors (Lipinski definition) is 2. The highest BCUT2D eigenvalue weighted by molar-refractivity contribution is 5.81. The number of amidine groups is 1. The number of rotatable bonds is 13. The van der Waals surface area contributed by atoms with Crippen molar-refractivity contribution < 1.29 is 14.4 Å². The highest BCUT2D eigenvalue weighted by Crippen LogP contribution is 2.23. The lowest BCUT2D eigenvalue weighted by atomic mass is 10.1. The van der Waals surface area contributed by atoms with Crippen molar-refractivity contribution in [3.05, 3.63) is 25.1 Å². The van der Waals surface area contributed by atoms with Gasteiger partial charge in [-0.15, -0.1) is 6.58 Å². The van der Waals surface area contributed by atoms with Crippen LogP contribution in [0.1, 0.15) is 64.7 Å². The summed E-state index contributed by atoms with van der Waals surface area (Å²) in [7, 11) is 0. The minimum absolute atomic E-state index is 0.0314. The van der Waals surface area contributed by atoms with Gasteiger partial charge in [0.2, 0.25) is 5.84 Å². The second kappa shape index (κ2) is 10.3. The van der Waals surface area contributed by atoms with Gasteiger partial charge in [-0.25, -0.2) is 14.3 Å². The van der Waals surface area contributed by atoms with E-state index in [1.54, 1.807) is 6.20 Å². The third-order valence-corrected chi connectivity index (χ3v) is 4.47. The standard InChI is InChI=1S/C18H31N3O2/c1-3-4-5-6-7-8-9-10-11-12-17-20-13-14-21(17,16(2)19)15-18(22)23/h3,13-14,16H,1,4-12,15,19H2,2H3/p+1. The molecule has 0 fully saturated rings. The molecule has 0 spiro atoms. The van der Waals surface area contributed by atoms with E-state index in [0.717, 1.165) is 31.5 Å². The highest BCUT2D eigenvalue weighted by atomic mass is 16.4. The van der Waals surface area contributed by atoms with Crippen LogP contribution in [-0.4, -0.2) is 34.1 Å². The number of carboxylic acid groups (broad SMARTS) is 1. The van der Waals surface area contributed by atoms with Crippen LogP contribution >= 0.6 is 0 Å². The van der Waals surface area contributed by atoms with Gasteiger partial charge in [0.1, 0.15) is 12.4 Å². The fourth-order valence-corrected chi connectivity index (χ4v) is 3.04. The lowest BCUT2D eigenvalue weighted by Crippen LogP contribution is -2.59. The Labute approximate surface area is 140 Å². The maximum absolute atomic E-state index is 11.2. The first-order valence-electron chi connectivity index (χ1n) is 8.73. The number of quaternary nitrogens is 1. The fraction of sp³-hybridized carbons (Fsp3) is 0.667. The van der Waals surface area contributed by atoms with E-state index in [-0.39, 0.29) is 17.2 Å². The summed E-state index contributed by atoms with van der Waals surface area (Å²) in [5, 5.41) is 9.17. The van der Waals surface area contributed by atoms with E-state index in [2.05, 4.69) is 11.6 Å². The lowest BCUT2D eigenvalue weighted by Gasteiger charge is -2.34. The summed E-state index contributed by atoms with van der Waals surface area (Å²) in [6.07, 6.45) is 15.6. The fourth-order valence-electron chi connectivity index (χ4n) is 3.04. The van der Waals surface area contributed by atoms with Gasteiger partial charge < -0.3 is 5.11 Å². The van der Waals surface area contributed by atoms with Crippen molar-refractivity contribution in [2.24, 2.45) is 10.7 Å². The van der Waals surface area contributed by atoms with Crippen LogP contribution < -0.4 is 5.73 Å². The molecule has 0 saturated heterocycles. The van der Waals surface area contributed by atoms with E-state index in [0.29, 0.717) is 0 Å². The monoisotopic (exact) mass is 322 g/mol. The molecular weight excluding hydrogens is 290 g/mol. The van der Waals surface area contributed by atoms with Crippen molar-refractivity contribution in [1.82, 2.24) is 0 Å². The predicted molar refractivity (Wildman–Crippen MR) is 94.7 cm³/mol. The van der Waals surface area contributed by atoms with Crippen LogP contribution in [0.2, 0.25) is 0 Å².